The molecule has 0 aliphatic heterocycles. The highest BCUT2D eigenvalue weighted by atomic mass is 16.4. The molecule has 1 aromatic rings. The first-order valence-electron chi connectivity index (χ1n) is 5.84. The van der Waals surface area contributed by atoms with Crippen molar-refractivity contribution >= 4 is 12.0 Å². The first-order valence-corrected chi connectivity index (χ1v) is 5.84. The third-order valence-electron chi connectivity index (χ3n) is 2.73. The molecule has 0 radical (unpaired) electrons. The molecule has 0 saturated heterocycles. The van der Waals surface area contributed by atoms with E-state index in [-0.39, 0.29) is 13.0 Å². The zero-order valence-electron chi connectivity index (χ0n) is 10.9. The van der Waals surface area contributed by atoms with Crippen LogP contribution in [-0.4, -0.2) is 46.8 Å². The van der Waals surface area contributed by atoms with Crippen LogP contribution >= 0.6 is 0 Å². The molecule has 0 fully saturated rings. The third-order valence-corrected chi connectivity index (χ3v) is 2.73. The Hall–Kier alpha value is -2.02. The van der Waals surface area contributed by atoms with E-state index in [2.05, 4.69) is 5.32 Å². The van der Waals surface area contributed by atoms with Crippen LogP contribution in [0.3, 0.4) is 0 Å². The molecule has 1 rings (SSSR count). The Balaban J connectivity index is 2.57. The Labute approximate surface area is 110 Å². The number of hydrogen-bond donors (Lipinski definition) is 3. The predicted molar refractivity (Wildman–Crippen MR) is 66.6 cm³/mol. The number of carboxylic acids is 1. The number of furan rings is 1. The molecule has 0 aliphatic rings. The topological polar surface area (TPSA) is 103 Å². The van der Waals surface area contributed by atoms with E-state index in [9.17, 15) is 9.59 Å². The molecule has 2 amide bonds. The van der Waals surface area contributed by atoms with Crippen LogP contribution in [0.5, 0.6) is 0 Å². The van der Waals surface area contributed by atoms with Crippen LogP contribution in [-0.2, 0) is 11.3 Å². The quantitative estimate of drug-likeness (QED) is 0.701. The van der Waals surface area contributed by atoms with Gasteiger partial charge in [-0.2, -0.15) is 0 Å². The van der Waals surface area contributed by atoms with Crippen LogP contribution in [0.4, 0.5) is 4.79 Å². The molecule has 3 N–H and O–H groups in total. The molecular weight excluding hydrogens is 252 g/mol. The van der Waals surface area contributed by atoms with Crippen molar-refractivity contribution in [2.75, 3.05) is 13.7 Å². The number of carbonyl (C=O) groups excluding carboxylic acids is 1. The Morgan fingerprint density at radius 3 is 2.68 bits per heavy atom. The second-order valence-corrected chi connectivity index (χ2v) is 4.21. The number of aliphatic hydroxyl groups excluding tert-OH is 1. The Morgan fingerprint density at radius 2 is 2.21 bits per heavy atom. The van der Waals surface area contributed by atoms with E-state index in [0.29, 0.717) is 12.3 Å². The van der Waals surface area contributed by atoms with Gasteiger partial charge in [-0.25, -0.2) is 9.59 Å². The third kappa shape index (κ3) is 4.29. The van der Waals surface area contributed by atoms with Crippen molar-refractivity contribution in [3.63, 3.8) is 0 Å². The summed E-state index contributed by atoms with van der Waals surface area (Å²) in [6, 6.07) is 0.147. The molecule has 0 aliphatic carbocycles. The van der Waals surface area contributed by atoms with E-state index in [1.54, 1.807) is 20.0 Å². The van der Waals surface area contributed by atoms with E-state index < -0.39 is 18.0 Å². The van der Waals surface area contributed by atoms with E-state index in [4.69, 9.17) is 14.6 Å². The van der Waals surface area contributed by atoms with Gasteiger partial charge in [0.25, 0.3) is 0 Å². The maximum Gasteiger partial charge on any atom is 0.326 e. The number of hydrogen-bond acceptors (Lipinski definition) is 4. The molecule has 1 aromatic heterocycles. The van der Waals surface area contributed by atoms with Crippen molar-refractivity contribution < 1.29 is 24.2 Å². The molecule has 7 heteroatoms. The molecule has 0 aromatic carbocycles. The summed E-state index contributed by atoms with van der Waals surface area (Å²) in [7, 11) is 1.56. The molecule has 19 heavy (non-hydrogen) atoms. The number of rotatable bonds is 6. The summed E-state index contributed by atoms with van der Waals surface area (Å²) in [5, 5.41) is 20.0. The fourth-order valence-corrected chi connectivity index (χ4v) is 1.55. The van der Waals surface area contributed by atoms with E-state index in [1.165, 1.54) is 11.2 Å². The van der Waals surface area contributed by atoms with Crippen LogP contribution < -0.4 is 5.32 Å². The highest BCUT2D eigenvalue weighted by Gasteiger charge is 2.21. The van der Waals surface area contributed by atoms with Crippen molar-refractivity contribution in [1.82, 2.24) is 10.2 Å². The van der Waals surface area contributed by atoms with Gasteiger partial charge in [0, 0.05) is 25.6 Å². The van der Waals surface area contributed by atoms with Gasteiger partial charge in [-0.05, 0) is 13.0 Å². The van der Waals surface area contributed by atoms with Crippen molar-refractivity contribution in [2.45, 2.75) is 25.9 Å². The number of aliphatic carboxylic acids is 1. The lowest BCUT2D eigenvalue weighted by Gasteiger charge is -2.20. The summed E-state index contributed by atoms with van der Waals surface area (Å²) in [4.78, 5) is 24.0. The molecule has 0 saturated carbocycles. The Bertz CT molecular complexity index is 443. The average Bonchev–Trinajstić information content (AvgIpc) is 2.74. The van der Waals surface area contributed by atoms with Crippen molar-refractivity contribution in [1.29, 1.82) is 0 Å². The number of nitrogens with zero attached hydrogens (tertiary/aromatic N) is 1. The SMILES string of the molecule is Cc1occc1CN(C)C(=O)NC(CCO)C(=O)O. The predicted octanol–water partition coefficient (Wildman–Crippen LogP) is 0.565. The van der Waals surface area contributed by atoms with Crippen LogP contribution in [0, 0.1) is 6.92 Å². The zero-order chi connectivity index (χ0) is 14.4. The van der Waals surface area contributed by atoms with Gasteiger partial charge in [-0.15, -0.1) is 0 Å². The zero-order valence-corrected chi connectivity index (χ0v) is 10.9. The van der Waals surface area contributed by atoms with Gasteiger partial charge in [0.15, 0.2) is 0 Å². The maximum atomic E-state index is 11.8. The summed E-state index contributed by atoms with van der Waals surface area (Å²) < 4.78 is 5.12. The molecule has 0 spiro atoms. The molecule has 7 nitrogen and oxygen atoms in total. The Morgan fingerprint density at radius 1 is 1.53 bits per heavy atom. The highest BCUT2D eigenvalue weighted by Crippen LogP contribution is 2.11. The lowest BCUT2D eigenvalue weighted by atomic mass is 10.2. The van der Waals surface area contributed by atoms with Crippen LogP contribution in [0.15, 0.2) is 16.7 Å². The number of carbonyl (C=O) groups is 2. The van der Waals surface area contributed by atoms with Gasteiger partial charge in [0.05, 0.1) is 12.8 Å². The van der Waals surface area contributed by atoms with E-state index in [0.717, 1.165) is 5.56 Å². The minimum Gasteiger partial charge on any atom is -0.480 e. The number of amides is 2. The number of carboxylic acid groups (broad SMARTS) is 1. The van der Waals surface area contributed by atoms with E-state index in [1.807, 2.05) is 0 Å². The maximum absolute atomic E-state index is 11.8. The molecule has 0 bridgehead atoms. The number of urea groups is 1. The van der Waals surface area contributed by atoms with Gasteiger partial charge in [0.1, 0.15) is 11.8 Å². The normalized spacial score (nSPS) is 11.9. The molecule has 106 valence electrons. The Kier molecular flexibility index (Phi) is 5.37. The fraction of sp³-hybridized carbons (Fsp3) is 0.500. The lowest BCUT2D eigenvalue weighted by molar-refractivity contribution is -0.139. The molecular formula is C12H18N2O5. The average molecular weight is 270 g/mol. The number of aryl methyl sites for hydroxylation is 1. The second kappa shape index (κ2) is 6.79. The summed E-state index contributed by atoms with van der Waals surface area (Å²) in [6.07, 6.45) is 1.50. The van der Waals surface area contributed by atoms with Crippen LogP contribution in [0.25, 0.3) is 0 Å². The second-order valence-electron chi connectivity index (χ2n) is 4.21. The van der Waals surface area contributed by atoms with Crippen LogP contribution in [0.2, 0.25) is 0 Å². The van der Waals surface area contributed by atoms with Crippen molar-refractivity contribution in [2.24, 2.45) is 0 Å². The highest BCUT2D eigenvalue weighted by molar-refractivity contribution is 5.82. The van der Waals surface area contributed by atoms with Crippen molar-refractivity contribution in [3.8, 4) is 0 Å². The van der Waals surface area contributed by atoms with E-state index >= 15 is 0 Å². The largest absolute Gasteiger partial charge is 0.480 e. The number of nitrogens with one attached hydrogen (secondary N) is 1. The number of aliphatic hydroxyl groups is 1. The standard InChI is InChI=1S/C12H18N2O5/c1-8-9(4-6-19-8)7-14(2)12(18)13-10(3-5-15)11(16)17/h4,6,10,15H,3,5,7H2,1-2H3,(H,13,18)(H,16,17). The molecule has 1 atom stereocenters. The smallest absolute Gasteiger partial charge is 0.326 e. The van der Waals surface area contributed by atoms with Gasteiger partial charge >= 0.3 is 12.0 Å². The monoisotopic (exact) mass is 270 g/mol. The van der Waals surface area contributed by atoms with Crippen molar-refractivity contribution in [3.05, 3.63) is 23.7 Å². The first kappa shape index (κ1) is 15.0. The first-order chi connectivity index (χ1) is 8.95. The minimum atomic E-state index is -1.17. The van der Waals surface area contributed by atoms with Crippen LogP contribution in [0.1, 0.15) is 17.7 Å². The fourth-order valence-electron chi connectivity index (χ4n) is 1.55. The van der Waals surface area contributed by atoms with Gasteiger partial charge in [-0.1, -0.05) is 0 Å². The van der Waals surface area contributed by atoms with Gasteiger partial charge in [-0.3, -0.25) is 0 Å². The molecule has 1 heterocycles. The lowest BCUT2D eigenvalue weighted by Crippen LogP contribution is -2.46. The summed E-state index contributed by atoms with van der Waals surface area (Å²) in [5.41, 5.74) is 0.853. The van der Waals surface area contributed by atoms with Gasteiger partial charge in [0.2, 0.25) is 0 Å². The summed E-state index contributed by atoms with van der Waals surface area (Å²) >= 11 is 0. The summed E-state index contributed by atoms with van der Waals surface area (Å²) in [6.45, 7) is 1.80. The minimum absolute atomic E-state index is 0.0281. The van der Waals surface area contributed by atoms with Gasteiger partial charge < -0.3 is 24.8 Å². The summed E-state index contributed by atoms with van der Waals surface area (Å²) in [5.74, 6) is -0.458. The molecule has 1 unspecified atom stereocenters.